The average Bonchev–Trinajstić information content (AvgIpc) is 2.63. The molecule has 0 aromatic heterocycles. The van der Waals surface area contributed by atoms with Gasteiger partial charge in [-0.3, -0.25) is 0 Å². The summed E-state index contributed by atoms with van der Waals surface area (Å²) in [7, 11) is -3.68. The van der Waals surface area contributed by atoms with E-state index < -0.39 is 10.0 Å². The maximum atomic E-state index is 11.3. The molecule has 0 fully saturated rings. The fraction of sp³-hybridized carbons (Fsp3) is 0.350. The third-order valence-corrected chi connectivity index (χ3v) is 4.83. The van der Waals surface area contributed by atoms with Gasteiger partial charge in [-0.15, -0.1) is 24.0 Å². The molecule has 7 nitrogen and oxygen atoms in total. The summed E-state index contributed by atoms with van der Waals surface area (Å²) in [5, 5.41) is 11.6. The second-order valence-corrected chi connectivity index (χ2v) is 8.07. The van der Waals surface area contributed by atoms with Crippen molar-refractivity contribution >= 4 is 40.0 Å². The van der Waals surface area contributed by atoms with Crippen LogP contribution < -0.4 is 20.5 Å². The van der Waals surface area contributed by atoms with Gasteiger partial charge in [-0.2, -0.15) is 0 Å². The van der Waals surface area contributed by atoms with Crippen LogP contribution in [0.15, 0.2) is 58.4 Å². The minimum Gasteiger partial charge on any atom is -0.489 e. The first-order valence-corrected chi connectivity index (χ1v) is 10.7. The Labute approximate surface area is 190 Å². The molecule has 1 atom stereocenters. The molecule has 9 heteroatoms. The van der Waals surface area contributed by atoms with Crippen LogP contribution in [0.1, 0.15) is 25.0 Å². The van der Waals surface area contributed by atoms with Gasteiger partial charge in [0.1, 0.15) is 11.9 Å². The van der Waals surface area contributed by atoms with Gasteiger partial charge in [0.05, 0.1) is 18.0 Å². The largest absolute Gasteiger partial charge is 0.489 e. The van der Waals surface area contributed by atoms with Gasteiger partial charge in [-0.05, 0) is 56.2 Å². The first kappa shape index (κ1) is 25.2. The van der Waals surface area contributed by atoms with E-state index in [-0.39, 0.29) is 35.0 Å². The van der Waals surface area contributed by atoms with E-state index in [1.807, 2.05) is 45.0 Å². The van der Waals surface area contributed by atoms with Crippen LogP contribution in [0.4, 0.5) is 0 Å². The number of hydrogen-bond donors (Lipinski definition) is 3. The number of sulfonamides is 1. The lowest BCUT2D eigenvalue weighted by atomic mass is 10.2. The standard InChI is InChI=1S/C20H28N4O3S.HI/c1-4-22-20(23-13-16(3)27-18-7-5-6-15(2)12-18)24-14-17-8-10-19(11-9-17)28(21,25)26;/h5-12,16H,4,13-14H2,1-3H3,(H2,21,25,26)(H2,22,23,24);1H. The van der Waals surface area contributed by atoms with E-state index in [2.05, 4.69) is 15.6 Å². The Morgan fingerprint density at radius 1 is 1.17 bits per heavy atom. The third-order valence-electron chi connectivity index (χ3n) is 3.90. The van der Waals surface area contributed by atoms with Crippen molar-refractivity contribution in [1.82, 2.24) is 10.6 Å². The first-order valence-electron chi connectivity index (χ1n) is 9.15. The minimum absolute atomic E-state index is 0. The summed E-state index contributed by atoms with van der Waals surface area (Å²) in [6.45, 7) is 7.73. The van der Waals surface area contributed by atoms with E-state index in [9.17, 15) is 8.42 Å². The van der Waals surface area contributed by atoms with Crippen molar-refractivity contribution in [3.63, 3.8) is 0 Å². The minimum atomic E-state index is -3.68. The molecular weight excluding hydrogens is 503 g/mol. The molecule has 29 heavy (non-hydrogen) atoms. The molecule has 2 aromatic carbocycles. The summed E-state index contributed by atoms with van der Waals surface area (Å²) in [6.07, 6.45) is -0.0419. The summed E-state index contributed by atoms with van der Waals surface area (Å²) >= 11 is 0. The number of halogens is 1. The van der Waals surface area contributed by atoms with Gasteiger partial charge in [0.15, 0.2) is 5.96 Å². The van der Waals surface area contributed by atoms with Crippen molar-refractivity contribution in [2.45, 2.75) is 38.3 Å². The Balaban J connectivity index is 0.00000420. The number of ether oxygens (including phenoxy) is 1. The monoisotopic (exact) mass is 532 g/mol. The third kappa shape index (κ3) is 9.01. The fourth-order valence-corrected chi connectivity index (χ4v) is 3.02. The molecule has 0 aliphatic carbocycles. The fourth-order valence-electron chi connectivity index (χ4n) is 2.50. The van der Waals surface area contributed by atoms with E-state index in [0.717, 1.165) is 23.4 Å². The van der Waals surface area contributed by atoms with Gasteiger partial charge in [0, 0.05) is 6.54 Å². The van der Waals surface area contributed by atoms with Crippen molar-refractivity contribution in [3.8, 4) is 5.75 Å². The van der Waals surface area contributed by atoms with Crippen molar-refractivity contribution in [2.75, 3.05) is 13.1 Å². The number of nitrogens with one attached hydrogen (secondary N) is 2. The van der Waals surface area contributed by atoms with Crippen LogP contribution in [0.3, 0.4) is 0 Å². The molecule has 2 rings (SSSR count). The van der Waals surface area contributed by atoms with Gasteiger partial charge < -0.3 is 15.4 Å². The van der Waals surface area contributed by atoms with Gasteiger partial charge in [0.25, 0.3) is 0 Å². The van der Waals surface area contributed by atoms with Crippen molar-refractivity contribution in [3.05, 3.63) is 59.7 Å². The van der Waals surface area contributed by atoms with Gasteiger partial charge in [-0.25, -0.2) is 18.5 Å². The maximum absolute atomic E-state index is 11.3. The zero-order valence-electron chi connectivity index (χ0n) is 16.9. The Hall–Kier alpha value is -1.85. The molecule has 0 heterocycles. The number of hydrogen-bond acceptors (Lipinski definition) is 4. The van der Waals surface area contributed by atoms with Crippen LogP contribution in [0.5, 0.6) is 5.75 Å². The van der Waals surface area contributed by atoms with E-state index in [1.54, 1.807) is 12.1 Å². The molecule has 160 valence electrons. The SMILES string of the molecule is CCNC(=NCc1ccc(S(N)(=O)=O)cc1)NCC(C)Oc1cccc(C)c1.I. The Morgan fingerprint density at radius 2 is 1.86 bits per heavy atom. The molecule has 0 radical (unpaired) electrons. The highest BCUT2D eigenvalue weighted by Crippen LogP contribution is 2.14. The lowest BCUT2D eigenvalue weighted by Crippen LogP contribution is -2.41. The second-order valence-electron chi connectivity index (χ2n) is 6.51. The molecular formula is C20H29IN4O3S. The number of nitrogens with zero attached hydrogens (tertiary/aromatic N) is 1. The molecule has 0 amide bonds. The molecule has 0 spiro atoms. The molecule has 0 aliphatic rings. The van der Waals surface area contributed by atoms with Crippen LogP contribution in [-0.2, 0) is 16.6 Å². The predicted octanol–water partition coefficient (Wildman–Crippen LogP) is 2.78. The molecule has 4 N–H and O–H groups in total. The first-order chi connectivity index (χ1) is 13.3. The molecule has 0 aliphatic heterocycles. The summed E-state index contributed by atoms with van der Waals surface area (Å²) < 4.78 is 28.5. The number of benzene rings is 2. The molecule has 2 aromatic rings. The van der Waals surface area contributed by atoms with Crippen molar-refractivity contribution in [1.29, 1.82) is 0 Å². The Bertz CT molecular complexity index is 902. The Kier molecular flexibility index (Phi) is 10.4. The highest BCUT2D eigenvalue weighted by atomic mass is 127. The lowest BCUT2D eigenvalue weighted by Gasteiger charge is -2.18. The number of rotatable bonds is 8. The van der Waals surface area contributed by atoms with Gasteiger partial charge in [0.2, 0.25) is 10.0 Å². The Morgan fingerprint density at radius 3 is 2.45 bits per heavy atom. The lowest BCUT2D eigenvalue weighted by molar-refractivity contribution is 0.223. The average molecular weight is 532 g/mol. The summed E-state index contributed by atoms with van der Waals surface area (Å²) in [5.41, 5.74) is 2.04. The highest BCUT2D eigenvalue weighted by Gasteiger charge is 2.08. The van der Waals surface area contributed by atoms with Crippen LogP contribution in [0, 0.1) is 6.92 Å². The van der Waals surface area contributed by atoms with Crippen LogP contribution in [-0.4, -0.2) is 33.6 Å². The van der Waals surface area contributed by atoms with E-state index in [4.69, 9.17) is 9.88 Å². The smallest absolute Gasteiger partial charge is 0.238 e. The number of aryl methyl sites for hydroxylation is 1. The summed E-state index contributed by atoms with van der Waals surface area (Å²) in [4.78, 5) is 4.62. The predicted molar refractivity (Wildman–Crippen MR) is 127 cm³/mol. The number of primary sulfonamides is 1. The van der Waals surface area contributed by atoms with E-state index in [1.165, 1.54) is 12.1 Å². The molecule has 0 bridgehead atoms. The normalized spacial score (nSPS) is 12.6. The van der Waals surface area contributed by atoms with Gasteiger partial charge >= 0.3 is 0 Å². The topological polar surface area (TPSA) is 106 Å². The quantitative estimate of drug-likeness (QED) is 0.276. The number of aliphatic imine (C=N–C) groups is 1. The van der Waals surface area contributed by atoms with Crippen LogP contribution in [0.2, 0.25) is 0 Å². The number of guanidine groups is 1. The second kappa shape index (κ2) is 12.0. The van der Waals surface area contributed by atoms with Crippen LogP contribution >= 0.6 is 24.0 Å². The van der Waals surface area contributed by atoms with Crippen LogP contribution in [0.25, 0.3) is 0 Å². The summed E-state index contributed by atoms with van der Waals surface area (Å²) in [5.74, 6) is 1.50. The van der Waals surface area contributed by atoms with Crippen molar-refractivity contribution in [2.24, 2.45) is 10.1 Å². The zero-order chi connectivity index (χ0) is 20.6. The highest BCUT2D eigenvalue weighted by molar-refractivity contribution is 14.0. The molecule has 1 unspecified atom stereocenters. The van der Waals surface area contributed by atoms with E-state index in [0.29, 0.717) is 19.0 Å². The van der Waals surface area contributed by atoms with Crippen molar-refractivity contribution < 1.29 is 13.2 Å². The van der Waals surface area contributed by atoms with Gasteiger partial charge in [-0.1, -0.05) is 24.3 Å². The van der Waals surface area contributed by atoms with E-state index >= 15 is 0 Å². The molecule has 0 saturated carbocycles. The maximum Gasteiger partial charge on any atom is 0.238 e. The number of nitrogens with two attached hydrogens (primary N) is 1. The summed E-state index contributed by atoms with van der Waals surface area (Å²) in [6, 6.07) is 14.3. The zero-order valence-corrected chi connectivity index (χ0v) is 20.0. The molecule has 0 saturated heterocycles.